The Kier molecular flexibility index (Phi) is 7.72. The third kappa shape index (κ3) is 6.26. The highest BCUT2D eigenvalue weighted by atomic mass is 32.1. The van der Waals surface area contributed by atoms with Gasteiger partial charge in [0.05, 0.1) is 7.11 Å². The second kappa shape index (κ2) is 10.9. The SMILES string of the molecule is COc1ccc(/C=C/C(=O)NC(=S)Nc2cccc(C(=O)N(C)c3ccccc3)c2)cc1. The number of nitrogens with zero attached hydrogens (tertiary/aromatic N) is 1. The van der Waals surface area contributed by atoms with Gasteiger partial charge in [-0.1, -0.05) is 36.4 Å². The normalized spacial score (nSPS) is 10.4. The maximum absolute atomic E-state index is 12.8. The number of carbonyl (C=O) groups is 2. The molecule has 2 amide bonds. The lowest BCUT2D eigenvalue weighted by Crippen LogP contribution is -2.33. The van der Waals surface area contributed by atoms with Gasteiger partial charge >= 0.3 is 0 Å². The highest BCUT2D eigenvalue weighted by Gasteiger charge is 2.14. The predicted octanol–water partition coefficient (Wildman–Crippen LogP) is 4.50. The van der Waals surface area contributed by atoms with Crippen molar-refractivity contribution in [2.45, 2.75) is 0 Å². The van der Waals surface area contributed by atoms with Crippen LogP contribution in [0.2, 0.25) is 0 Å². The summed E-state index contributed by atoms with van der Waals surface area (Å²) in [7, 11) is 3.32. The summed E-state index contributed by atoms with van der Waals surface area (Å²) in [6.45, 7) is 0. The van der Waals surface area contributed by atoms with Crippen molar-refractivity contribution in [2.75, 3.05) is 24.4 Å². The van der Waals surface area contributed by atoms with Crippen molar-refractivity contribution in [3.63, 3.8) is 0 Å². The third-order valence-corrected chi connectivity index (χ3v) is 4.80. The van der Waals surface area contributed by atoms with Crippen LogP contribution in [0.25, 0.3) is 6.08 Å². The zero-order valence-electron chi connectivity index (χ0n) is 17.7. The molecule has 162 valence electrons. The maximum atomic E-state index is 12.8. The van der Waals surface area contributed by atoms with Gasteiger partial charge in [0, 0.05) is 30.1 Å². The molecule has 2 N–H and O–H groups in total. The molecule has 0 saturated carbocycles. The van der Waals surface area contributed by atoms with E-state index >= 15 is 0 Å². The number of hydrogen-bond donors (Lipinski definition) is 2. The second-order valence-corrected chi connectivity index (χ2v) is 7.24. The molecule has 0 aliphatic carbocycles. The molecule has 0 saturated heterocycles. The van der Waals surface area contributed by atoms with Crippen molar-refractivity contribution < 1.29 is 14.3 Å². The Labute approximate surface area is 192 Å². The van der Waals surface area contributed by atoms with Gasteiger partial charge in [-0.25, -0.2) is 0 Å². The number of thiocarbonyl (C=S) groups is 1. The van der Waals surface area contributed by atoms with Crippen LogP contribution in [0, 0.1) is 0 Å². The Hall–Kier alpha value is -3.97. The molecule has 0 atom stereocenters. The average Bonchev–Trinajstić information content (AvgIpc) is 2.82. The number of anilines is 2. The summed E-state index contributed by atoms with van der Waals surface area (Å²) < 4.78 is 5.11. The molecule has 0 spiro atoms. The summed E-state index contributed by atoms with van der Waals surface area (Å²) in [6, 6.07) is 23.6. The number of benzene rings is 3. The monoisotopic (exact) mass is 445 g/mol. The van der Waals surface area contributed by atoms with Crippen LogP contribution in [0.15, 0.2) is 84.9 Å². The zero-order chi connectivity index (χ0) is 22.9. The van der Waals surface area contributed by atoms with Crippen molar-refractivity contribution in [3.8, 4) is 5.75 Å². The van der Waals surface area contributed by atoms with E-state index in [0.717, 1.165) is 17.0 Å². The van der Waals surface area contributed by atoms with Gasteiger partial charge in [-0.2, -0.15) is 0 Å². The molecular formula is C25H23N3O3S. The maximum Gasteiger partial charge on any atom is 0.258 e. The number of nitrogens with one attached hydrogen (secondary N) is 2. The Morgan fingerprint density at radius 2 is 1.69 bits per heavy atom. The quantitative estimate of drug-likeness (QED) is 0.432. The topological polar surface area (TPSA) is 70.7 Å². The van der Waals surface area contributed by atoms with Gasteiger partial charge in [-0.05, 0) is 66.3 Å². The Balaban J connectivity index is 1.58. The van der Waals surface area contributed by atoms with E-state index < -0.39 is 0 Å². The molecule has 0 aliphatic rings. The molecule has 3 aromatic carbocycles. The van der Waals surface area contributed by atoms with Crippen LogP contribution in [0.5, 0.6) is 5.75 Å². The van der Waals surface area contributed by atoms with Gasteiger partial charge in [0.2, 0.25) is 5.91 Å². The number of ether oxygens (including phenoxy) is 1. The highest BCUT2D eigenvalue weighted by Crippen LogP contribution is 2.17. The molecule has 0 radical (unpaired) electrons. The van der Waals surface area contributed by atoms with E-state index in [0.29, 0.717) is 11.3 Å². The third-order valence-electron chi connectivity index (χ3n) is 4.60. The Morgan fingerprint density at radius 1 is 0.969 bits per heavy atom. The molecular weight excluding hydrogens is 422 g/mol. The number of methoxy groups -OCH3 is 1. The summed E-state index contributed by atoms with van der Waals surface area (Å²) >= 11 is 5.22. The van der Waals surface area contributed by atoms with Gasteiger partial charge in [0.25, 0.3) is 5.91 Å². The number of rotatable bonds is 6. The fourth-order valence-electron chi connectivity index (χ4n) is 2.90. The van der Waals surface area contributed by atoms with Crippen LogP contribution in [0.4, 0.5) is 11.4 Å². The first kappa shape index (κ1) is 22.7. The van der Waals surface area contributed by atoms with E-state index in [1.54, 1.807) is 49.4 Å². The molecule has 6 nitrogen and oxygen atoms in total. The van der Waals surface area contributed by atoms with Crippen molar-refractivity contribution >= 4 is 46.6 Å². The van der Waals surface area contributed by atoms with Gasteiger partial charge < -0.3 is 15.0 Å². The van der Waals surface area contributed by atoms with E-state index in [9.17, 15) is 9.59 Å². The van der Waals surface area contributed by atoms with Crippen LogP contribution in [0.1, 0.15) is 15.9 Å². The molecule has 0 fully saturated rings. The Bertz CT molecular complexity index is 1130. The van der Waals surface area contributed by atoms with Gasteiger partial charge in [0.1, 0.15) is 5.75 Å². The molecule has 32 heavy (non-hydrogen) atoms. The minimum atomic E-state index is -0.366. The first-order valence-electron chi connectivity index (χ1n) is 9.83. The van der Waals surface area contributed by atoms with Crippen LogP contribution in [0.3, 0.4) is 0 Å². The summed E-state index contributed by atoms with van der Waals surface area (Å²) in [5.41, 5.74) is 2.74. The van der Waals surface area contributed by atoms with Gasteiger partial charge in [-0.15, -0.1) is 0 Å². The lowest BCUT2D eigenvalue weighted by Gasteiger charge is -2.18. The molecule has 0 unspecified atom stereocenters. The largest absolute Gasteiger partial charge is 0.497 e. The minimum absolute atomic E-state index is 0.135. The fourth-order valence-corrected chi connectivity index (χ4v) is 3.11. The Morgan fingerprint density at radius 3 is 2.38 bits per heavy atom. The summed E-state index contributed by atoms with van der Waals surface area (Å²) in [5, 5.41) is 5.67. The number of amides is 2. The van der Waals surface area contributed by atoms with Crippen LogP contribution >= 0.6 is 12.2 Å². The molecule has 0 heterocycles. The summed E-state index contributed by atoms with van der Waals surface area (Å²) in [4.78, 5) is 26.5. The van der Waals surface area contributed by atoms with Gasteiger partial charge in [0.15, 0.2) is 5.11 Å². The molecule has 3 aromatic rings. The summed E-state index contributed by atoms with van der Waals surface area (Å²) in [6.07, 6.45) is 3.07. The average molecular weight is 446 g/mol. The minimum Gasteiger partial charge on any atom is -0.497 e. The van der Waals surface area contributed by atoms with Gasteiger partial charge in [-0.3, -0.25) is 14.9 Å². The van der Waals surface area contributed by atoms with Crippen LogP contribution in [-0.4, -0.2) is 31.1 Å². The fraction of sp³-hybridized carbons (Fsp3) is 0.0800. The first-order valence-corrected chi connectivity index (χ1v) is 10.2. The number of carbonyl (C=O) groups excluding carboxylic acids is 2. The predicted molar refractivity (Wildman–Crippen MR) is 132 cm³/mol. The van der Waals surface area contributed by atoms with E-state index in [-0.39, 0.29) is 16.9 Å². The second-order valence-electron chi connectivity index (χ2n) is 6.83. The number of para-hydroxylation sites is 1. The van der Waals surface area contributed by atoms with Crippen molar-refractivity contribution in [3.05, 3.63) is 96.1 Å². The van der Waals surface area contributed by atoms with E-state index in [2.05, 4.69) is 10.6 Å². The molecule has 7 heteroatoms. The van der Waals surface area contributed by atoms with Crippen molar-refractivity contribution in [1.29, 1.82) is 0 Å². The first-order chi connectivity index (χ1) is 15.5. The van der Waals surface area contributed by atoms with Crippen LogP contribution < -0.4 is 20.3 Å². The molecule has 0 aromatic heterocycles. The van der Waals surface area contributed by atoms with E-state index in [1.807, 2.05) is 54.6 Å². The smallest absolute Gasteiger partial charge is 0.258 e. The summed E-state index contributed by atoms with van der Waals surface area (Å²) in [5.74, 6) is 0.222. The van der Waals surface area contributed by atoms with Crippen molar-refractivity contribution in [1.82, 2.24) is 5.32 Å². The van der Waals surface area contributed by atoms with Crippen molar-refractivity contribution in [2.24, 2.45) is 0 Å². The standard InChI is InChI=1S/C25H23N3O3S/c1-28(21-9-4-3-5-10-21)24(30)19-7-6-8-20(17-19)26-25(32)27-23(29)16-13-18-11-14-22(31-2)15-12-18/h3-17H,1-2H3,(H2,26,27,29,32)/b16-13+. The highest BCUT2D eigenvalue weighted by molar-refractivity contribution is 7.80. The van der Waals surface area contributed by atoms with E-state index in [1.165, 1.54) is 6.08 Å². The lowest BCUT2D eigenvalue weighted by molar-refractivity contribution is -0.115. The molecule has 0 bridgehead atoms. The lowest BCUT2D eigenvalue weighted by atomic mass is 10.1. The van der Waals surface area contributed by atoms with E-state index in [4.69, 9.17) is 17.0 Å². The van der Waals surface area contributed by atoms with Crippen LogP contribution in [-0.2, 0) is 4.79 Å². The number of hydrogen-bond acceptors (Lipinski definition) is 4. The zero-order valence-corrected chi connectivity index (χ0v) is 18.6. The molecule has 0 aliphatic heterocycles. The molecule has 3 rings (SSSR count).